The fourth-order valence-corrected chi connectivity index (χ4v) is 1.19. The molecule has 0 N–H and O–H groups in total. The monoisotopic (exact) mass is 208 g/mol. The number of hydrogen-bond donors (Lipinski definition) is 0. The van der Waals surface area contributed by atoms with Gasteiger partial charge in [-0.1, -0.05) is 0 Å². The second-order valence-corrected chi connectivity index (χ2v) is 2.69. The van der Waals surface area contributed by atoms with Crippen LogP contribution in [0.25, 0.3) is 0 Å². The van der Waals surface area contributed by atoms with Gasteiger partial charge in [0.05, 0.1) is 39.5 Å². The van der Waals surface area contributed by atoms with Gasteiger partial charge in [0.1, 0.15) is 0 Å². The Morgan fingerprint density at radius 2 is 2.00 bits per heavy atom. The normalized spacial score (nSPS) is 9.20. The Kier molecular flexibility index (Phi) is 3.75. The van der Waals surface area contributed by atoms with Crippen LogP contribution in [0.5, 0.6) is 17.4 Å². The number of ether oxygens (including phenoxy) is 3. The minimum absolute atomic E-state index is 0.205. The molecule has 0 unspecified atom stereocenters. The maximum atomic E-state index is 8.57. The molecule has 0 bridgehead atoms. The molecule has 80 valence electrons. The summed E-state index contributed by atoms with van der Waals surface area (Å²) >= 11 is 0. The van der Waals surface area contributed by atoms with Crippen molar-refractivity contribution in [1.82, 2.24) is 4.98 Å². The Morgan fingerprint density at radius 1 is 1.27 bits per heavy atom. The van der Waals surface area contributed by atoms with Crippen molar-refractivity contribution < 1.29 is 14.2 Å². The van der Waals surface area contributed by atoms with Gasteiger partial charge >= 0.3 is 0 Å². The first-order valence-corrected chi connectivity index (χ1v) is 4.29. The number of methoxy groups -OCH3 is 3. The highest BCUT2D eigenvalue weighted by atomic mass is 16.5. The highest BCUT2D eigenvalue weighted by molar-refractivity contribution is 5.48. The number of aromatic nitrogens is 1. The van der Waals surface area contributed by atoms with E-state index in [0.29, 0.717) is 23.1 Å². The lowest BCUT2D eigenvalue weighted by molar-refractivity contribution is 0.315. The summed E-state index contributed by atoms with van der Waals surface area (Å²) in [5, 5.41) is 8.57. The zero-order chi connectivity index (χ0) is 11.3. The van der Waals surface area contributed by atoms with E-state index in [1.807, 2.05) is 6.07 Å². The Morgan fingerprint density at radius 3 is 2.47 bits per heavy atom. The van der Waals surface area contributed by atoms with E-state index in [-0.39, 0.29) is 6.42 Å². The summed E-state index contributed by atoms with van der Waals surface area (Å²) in [7, 11) is 4.51. The average molecular weight is 208 g/mol. The Balaban J connectivity index is 3.24. The van der Waals surface area contributed by atoms with Crippen molar-refractivity contribution in [2.45, 2.75) is 6.42 Å². The molecule has 1 aromatic heterocycles. The smallest absolute Gasteiger partial charge is 0.261 e. The predicted molar refractivity (Wildman–Crippen MR) is 53.2 cm³/mol. The van der Waals surface area contributed by atoms with Crippen LogP contribution in [0.3, 0.4) is 0 Å². The van der Waals surface area contributed by atoms with E-state index in [1.165, 1.54) is 21.3 Å². The molecule has 0 aliphatic rings. The molecule has 0 spiro atoms. The molecule has 1 heterocycles. The summed E-state index contributed by atoms with van der Waals surface area (Å²) in [6.07, 6.45) is 0.205. The van der Waals surface area contributed by atoms with E-state index in [4.69, 9.17) is 19.5 Å². The van der Waals surface area contributed by atoms with Crippen LogP contribution in [-0.2, 0) is 6.42 Å². The third-order valence-electron chi connectivity index (χ3n) is 1.84. The lowest BCUT2D eigenvalue weighted by Crippen LogP contribution is -2.00. The molecule has 0 amide bonds. The minimum Gasteiger partial charge on any atom is -0.493 e. The molecule has 5 heteroatoms. The van der Waals surface area contributed by atoms with Crippen molar-refractivity contribution in [3.8, 4) is 23.4 Å². The van der Waals surface area contributed by atoms with Crippen LogP contribution in [0.1, 0.15) is 5.69 Å². The van der Waals surface area contributed by atoms with Gasteiger partial charge in [-0.25, -0.2) is 4.98 Å². The van der Waals surface area contributed by atoms with Gasteiger partial charge in [0, 0.05) is 6.07 Å². The quantitative estimate of drug-likeness (QED) is 0.743. The molecule has 0 aliphatic carbocycles. The molecule has 1 rings (SSSR count). The van der Waals surface area contributed by atoms with Crippen LogP contribution in [0.2, 0.25) is 0 Å². The Hall–Kier alpha value is -1.96. The standard InChI is InChI=1S/C10H12N2O3/c1-13-8-6-7(4-5-11)12-10(15-3)9(8)14-2/h6H,4H2,1-3H3. The van der Waals surface area contributed by atoms with Crippen LogP contribution < -0.4 is 14.2 Å². The summed E-state index contributed by atoms with van der Waals surface area (Å²) in [6, 6.07) is 3.67. The number of pyridine rings is 1. The summed E-state index contributed by atoms with van der Waals surface area (Å²) in [6.45, 7) is 0. The summed E-state index contributed by atoms with van der Waals surface area (Å²) in [5.41, 5.74) is 0.590. The zero-order valence-corrected chi connectivity index (χ0v) is 8.90. The number of nitriles is 1. The van der Waals surface area contributed by atoms with E-state index in [1.54, 1.807) is 6.07 Å². The molecule has 0 saturated carbocycles. The van der Waals surface area contributed by atoms with E-state index >= 15 is 0 Å². The van der Waals surface area contributed by atoms with E-state index in [9.17, 15) is 0 Å². The van der Waals surface area contributed by atoms with Crippen molar-refractivity contribution in [2.75, 3.05) is 21.3 Å². The van der Waals surface area contributed by atoms with Gasteiger partial charge in [-0.15, -0.1) is 0 Å². The van der Waals surface area contributed by atoms with Crippen LogP contribution in [0, 0.1) is 11.3 Å². The summed E-state index contributed by atoms with van der Waals surface area (Å²) < 4.78 is 15.2. The van der Waals surface area contributed by atoms with Gasteiger partial charge in [-0.2, -0.15) is 5.26 Å². The number of hydrogen-bond acceptors (Lipinski definition) is 5. The van der Waals surface area contributed by atoms with Gasteiger partial charge in [-0.3, -0.25) is 0 Å². The van der Waals surface area contributed by atoms with Gasteiger partial charge in [0.25, 0.3) is 5.88 Å². The second-order valence-electron chi connectivity index (χ2n) is 2.69. The maximum absolute atomic E-state index is 8.57. The molecule has 0 fully saturated rings. The topological polar surface area (TPSA) is 64.4 Å². The molecule has 0 saturated heterocycles. The molecule has 5 nitrogen and oxygen atoms in total. The van der Waals surface area contributed by atoms with Crippen LogP contribution in [0.4, 0.5) is 0 Å². The average Bonchev–Trinajstić information content (AvgIpc) is 2.28. The van der Waals surface area contributed by atoms with Crippen molar-refractivity contribution >= 4 is 0 Å². The summed E-state index contributed by atoms with van der Waals surface area (Å²) in [5.74, 6) is 1.26. The van der Waals surface area contributed by atoms with Crippen LogP contribution in [-0.4, -0.2) is 26.3 Å². The maximum Gasteiger partial charge on any atom is 0.261 e. The fraction of sp³-hybridized carbons (Fsp3) is 0.400. The molecule has 15 heavy (non-hydrogen) atoms. The highest BCUT2D eigenvalue weighted by Gasteiger charge is 2.14. The highest BCUT2D eigenvalue weighted by Crippen LogP contribution is 2.35. The largest absolute Gasteiger partial charge is 0.493 e. The van der Waals surface area contributed by atoms with E-state index in [0.717, 1.165) is 0 Å². The zero-order valence-electron chi connectivity index (χ0n) is 8.90. The van der Waals surface area contributed by atoms with Gasteiger partial charge < -0.3 is 14.2 Å². The van der Waals surface area contributed by atoms with Crippen molar-refractivity contribution in [2.24, 2.45) is 0 Å². The van der Waals surface area contributed by atoms with Crippen molar-refractivity contribution in [3.63, 3.8) is 0 Å². The third-order valence-corrected chi connectivity index (χ3v) is 1.84. The van der Waals surface area contributed by atoms with Gasteiger partial charge in [-0.05, 0) is 0 Å². The lowest BCUT2D eigenvalue weighted by Gasteiger charge is -2.11. The van der Waals surface area contributed by atoms with Crippen LogP contribution >= 0.6 is 0 Å². The van der Waals surface area contributed by atoms with Gasteiger partial charge in [0.15, 0.2) is 5.75 Å². The predicted octanol–water partition coefficient (Wildman–Crippen LogP) is 1.17. The molecular formula is C10H12N2O3. The molecule has 0 atom stereocenters. The molecule has 0 aromatic carbocycles. The first-order chi connectivity index (χ1) is 7.26. The molecule has 0 aliphatic heterocycles. The minimum atomic E-state index is 0.205. The molecule has 1 aromatic rings. The Labute approximate surface area is 88.2 Å². The van der Waals surface area contributed by atoms with E-state index < -0.39 is 0 Å². The van der Waals surface area contributed by atoms with Crippen molar-refractivity contribution in [1.29, 1.82) is 5.26 Å². The fourth-order valence-electron chi connectivity index (χ4n) is 1.19. The Bertz CT molecular complexity index is 360. The van der Waals surface area contributed by atoms with Crippen molar-refractivity contribution in [3.05, 3.63) is 11.8 Å². The molecular weight excluding hydrogens is 196 g/mol. The SMILES string of the molecule is COc1cc(CC#N)nc(OC)c1OC. The third kappa shape index (κ3) is 2.29. The summed E-state index contributed by atoms with van der Waals surface area (Å²) in [4.78, 5) is 4.11. The first kappa shape index (κ1) is 11.1. The molecule has 0 radical (unpaired) electrons. The van der Waals surface area contributed by atoms with Gasteiger partial charge in [0.2, 0.25) is 5.75 Å². The second kappa shape index (κ2) is 5.05. The first-order valence-electron chi connectivity index (χ1n) is 4.29. The number of rotatable bonds is 4. The number of nitrogens with zero attached hydrogens (tertiary/aromatic N) is 2. The van der Waals surface area contributed by atoms with Crippen LogP contribution in [0.15, 0.2) is 6.07 Å². The van der Waals surface area contributed by atoms with E-state index in [2.05, 4.69) is 4.98 Å². The lowest BCUT2D eigenvalue weighted by atomic mass is 10.2.